The Bertz CT molecular complexity index is 887. The van der Waals surface area contributed by atoms with E-state index in [0.717, 1.165) is 41.1 Å². The monoisotopic (exact) mass is 393 g/mol. The number of aryl methyl sites for hydroxylation is 2. The molecule has 2 aromatic rings. The van der Waals surface area contributed by atoms with Crippen LogP contribution in [0.2, 0.25) is 0 Å². The Morgan fingerprint density at radius 1 is 1.38 bits per heavy atom. The first-order chi connectivity index (χ1) is 12.3. The molecule has 2 aromatic heterocycles. The van der Waals surface area contributed by atoms with Gasteiger partial charge in [-0.05, 0) is 52.0 Å². The molecule has 0 aromatic carbocycles. The summed E-state index contributed by atoms with van der Waals surface area (Å²) in [6.07, 6.45) is 4.37. The number of nitrogens with zero attached hydrogens (tertiary/aromatic N) is 3. The van der Waals surface area contributed by atoms with Gasteiger partial charge in [0.2, 0.25) is 5.91 Å². The maximum absolute atomic E-state index is 13.0. The maximum atomic E-state index is 13.0. The van der Waals surface area contributed by atoms with Crippen molar-refractivity contribution in [1.29, 1.82) is 0 Å². The third-order valence-corrected chi connectivity index (χ3v) is 7.61. The van der Waals surface area contributed by atoms with Crippen molar-refractivity contribution < 1.29 is 4.79 Å². The fraction of sp³-hybridized carbons (Fsp3) is 0.632. The first kappa shape index (κ1) is 19.4. The zero-order valence-electron chi connectivity index (χ0n) is 16.2. The highest BCUT2D eigenvalue weighted by Crippen LogP contribution is 2.30. The quantitative estimate of drug-likeness (QED) is 0.584. The zero-order chi connectivity index (χ0) is 19.0. The van der Waals surface area contributed by atoms with Gasteiger partial charge in [-0.1, -0.05) is 18.7 Å². The van der Waals surface area contributed by atoms with E-state index in [-0.39, 0.29) is 16.7 Å². The number of likely N-dealkylation sites (tertiary alicyclic amines) is 1. The van der Waals surface area contributed by atoms with Crippen LogP contribution in [0, 0.1) is 13.8 Å². The van der Waals surface area contributed by atoms with Gasteiger partial charge in [0.05, 0.1) is 10.6 Å². The lowest BCUT2D eigenvalue weighted by Crippen LogP contribution is -2.46. The molecule has 26 heavy (non-hydrogen) atoms. The molecule has 7 heteroatoms. The van der Waals surface area contributed by atoms with Gasteiger partial charge >= 0.3 is 0 Å². The van der Waals surface area contributed by atoms with E-state index in [2.05, 4.69) is 6.92 Å². The summed E-state index contributed by atoms with van der Waals surface area (Å²) in [6, 6.07) is 0.348. The molecule has 0 saturated carbocycles. The highest BCUT2D eigenvalue weighted by atomic mass is 32.2. The normalized spacial score (nSPS) is 19.1. The Kier molecular flexibility index (Phi) is 5.77. The molecule has 1 aliphatic rings. The lowest BCUT2D eigenvalue weighted by Gasteiger charge is -2.36. The van der Waals surface area contributed by atoms with E-state index < -0.39 is 0 Å². The number of amides is 1. The van der Waals surface area contributed by atoms with Gasteiger partial charge in [-0.2, -0.15) is 0 Å². The van der Waals surface area contributed by atoms with E-state index in [1.807, 2.05) is 25.7 Å². The van der Waals surface area contributed by atoms with Crippen LogP contribution in [0.3, 0.4) is 0 Å². The van der Waals surface area contributed by atoms with Gasteiger partial charge in [-0.25, -0.2) is 4.98 Å². The van der Waals surface area contributed by atoms with Crippen molar-refractivity contribution >= 4 is 39.2 Å². The predicted molar refractivity (Wildman–Crippen MR) is 109 cm³/mol. The molecule has 1 amide bonds. The molecule has 0 N–H and O–H groups in total. The van der Waals surface area contributed by atoms with Gasteiger partial charge in [0.1, 0.15) is 4.83 Å². The number of hydrogen-bond acceptors (Lipinski definition) is 5. The van der Waals surface area contributed by atoms with Crippen molar-refractivity contribution in [2.45, 2.75) is 69.8 Å². The number of carbonyl (C=O) groups is 1. The summed E-state index contributed by atoms with van der Waals surface area (Å²) >= 11 is 2.95. The molecule has 3 heterocycles. The summed E-state index contributed by atoms with van der Waals surface area (Å²) in [5.41, 5.74) is 0.987. The molecule has 1 fully saturated rings. The highest BCUT2D eigenvalue weighted by molar-refractivity contribution is 8.00. The minimum absolute atomic E-state index is 0.0246. The van der Waals surface area contributed by atoms with Crippen LogP contribution < -0.4 is 5.56 Å². The van der Waals surface area contributed by atoms with E-state index in [1.165, 1.54) is 18.2 Å². The van der Waals surface area contributed by atoms with Crippen LogP contribution in [0.25, 0.3) is 10.2 Å². The van der Waals surface area contributed by atoms with Crippen molar-refractivity contribution in [2.24, 2.45) is 7.05 Å². The Labute approximate surface area is 162 Å². The largest absolute Gasteiger partial charge is 0.339 e. The predicted octanol–water partition coefficient (Wildman–Crippen LogP) is 3.88. The fourth-order valence-corrected chi connectivity index (χ4v) is 5.63. The summed E-state index contributed by atoms with van der Waals surface area (Å²) in [7, 11) is 1.75. The average molecular weight is 394 g/mol. The molecule has 0 radical (unpaired) electrons. The van der Waals surface area contributed by atoms with E-state index in [0.29, 0.717) is 16.6 Å². The number of piperidine rings is 1. The molecular weight excluding hydrogens is 366 g/mol. The second-order valence-electron chi connectivity index (χ2n) is 7.07. The highest BCUT2D eigenvalue weighted by Gasteiger charge is 2.30. The standard InChI is InChI=1S/C19H27N3O2S2/c1-6-14-9-7-8-10-22(14)17(23)13(4)26-19-20-16-15(18(24)21(19)5)11(2)12(3)25-16/h13-14H,6-10H2,1-5H3. The van der Waals surface area contributed by atoms with Gasteiger partial charge < -0.3 is 4.90 Å². The Morgan fingerprint density at radius 2 is 2.12 bits per heavy atom. The van der Waals surface area contributed by atoms with Crippen molar-refractivity contribution in [3.05, 3.63) is 20.8 Å². The molecule has 3 rings (SSSR count). The van der Waals surface area contributed by atoms with Crippen LogP contribution in [0.4, 0.5) is 0 Å². The summed E-state index contributed by atoms with van der Waals surface area (Å²) < 4.78 is 1.59. The van der Waals surface area contributed by atoms with Crippen molar-refractivity contribution in [3.63, 3.8) is 0 Å². The summed E-state index contributed by atoms with van der Waals surface area (Å²) in [4.78, 5) is 34.4. The van der Waals surface area contributed by atoms with Crippen LogP contribution in [0.15, 0.2) is 9.95 Å². The lowest BCUT2D eigenvalue weighted by molar-refractivity contribution is -0.134. The number of fused-ring (bicyclic) bond motifs is 1. The first-order valence-corrected chi connectivity index (χ1v) is 11.0. The molecule has 2 unspecified atom stereocenters. The molecule has 0 aliphatic carbocycles. The van der Waals surface area contributed by atoms with Crippen molar-refractivity contribution in [1.82, 2.24) is 14.5 Å². The number of thiophene rings is 1. The van der Waals surface area contributed by atoms with Gasteiger partial charge in [0.15, 0.2) is 5.16 Å². The van der Waals surface area contributed by atoms with Crippen LogP contribution in [0.1, 0.15) is 50.0 Å². The minimum Gasteiger partial charge on any atom is -0.339 e. The van der Waals surface area contributed by atoms with E-state index in [1.54, 1.807) is 23.0 Å². The Morgan fingerprint density at radius 3 is 2.81 bits per heavy atom. The van der Waals surface area contributed by atoms with Gasteiger partial charge in [-0.15, -0.1) is 11.3 Å². The first-order valence-electron chi connectivity index (χ1n) is 9.29. The molecule has 1 aliphatic heterocycles. The maximum Gasteiger partial charge on any atom is 0.262 e. The topological polar surface area (TPSA) is 55.2 Å². The van der Waals surface area contributed by atoms with E-state index in [4.69, 9.17) is 4.98 Å². The van der Waals surface area contributed by atoms with Gasteiger partial charge in [0, 0.05) is 24.5 Å². The van der Waals surface area contributed by atoms with Crippen molar-refractivity contribution in [3.8, 4) is 0 Å². The third kappa shape index (κ3) is 3.43. The SMILES string of the molecule is CCC1CCCCN1C(=O)C(C)Sc1nc2sc(C)c(C)c2c(=O)n1C. The fourth-order valence-electron chi connectivity index (χ4n) is 3.62. The Hall–Kier alpha value is -1.34. The molecular formula is C19H27N3O2S2. The minimum atomic E-state index is -0.250. The summed E-state index contributed by atoms with van der Waals surface area (Å²) in [5, 5.41) is 1.08. The second kappa shape index (κ2) is 7.72. The number of thioether (sulfide) groups is 1. The Balaban J connectivity index is 1.87. The van der Waals surface area contributed by atoms with E-state index in [9.17, 15) is 9.59 Å². The number of carbonyl (C=O) groups excluding carboxylic acids is 1. The van der Waals surface area contributed by atoms with E-state index >= 15 is 0 Å². The molecule has 0 bridgehead atoms. The van der Waals surface area contributed by atoms with Gasteiger partial charge in [0.25, 0.3) is 5.56 Å². The lowest BCUT2D eigenvalue weighted by atomic mass is 10.00. The van der Waals surface area contributed by atoms with Crippen molar-refractivity contribution in [2.75, 3.05) is 6.54 Å². The zero-order valence-corrected chi connectivity index (χ0v) is 17.8. The third-order valence-electron chi connectivity index (χ3n) is 5.38. The molecule has 142 valence electrons. The summed E-state index contributed by atoms with van der Waals surface area (Å²) in [6.45, 7) is 8.90. The van der Waals surface area contributed by atoms with Gasteiger partial charge in [-0.3, -0.25) is 14.2 Å². The van der Waals surface area contributed by atoms with Crippen LogP contribution in [-0.2, 0) is 11.8 Å². The second-order valence-corrected chi connectivity index (χ2v) is 9.58. The number of aromatic nitrogens is 2. The smallest absolute Gasteiger partial charge is 0.262 e. The van der Waals surface area contributed by atoms with Crippen LogP contribution in [0.5, 0.6) is 0 Å². The summed E-state index contributed by atoms with van der Waals surface area (Å²) in [5.74, 6) is 0.162. The van der Waals surface area contributed by atoms with Crippen LogP contribution >= 0.6 is 23.1 Å². The van der Waals surface area contributed by atoms with Crippen LogP contribution in [-0.4, -0.2) is 38.2 Å². The molecule has 2 atom stereocenters. The average Bonchev–Trinajstić information content (AvgIpc) is 2.92. The number of hydrogen-bond donors (Lipinski definition) is 0. The molecule has 1 saturated heterocycles. The molecule has 5 nitrogen and oxygen atoms in total. The number of rotatable bonds is 4. The molecule has 0 spiro atoms.